The number of aliphatic imine (C=N–C) groups is 1. The molecule has 0 aromatic heterocycles. The summed E-state index contributed by atoms with van der Waals surface area (Å²) in [6.45, 7) is 5.39. The summed E-state index contributed by atoms with van der Waals surface area (Å²) in [5, 5.41) is 1.55. The Morgan fingerprint density at radius 1 is 1.30 bits per heavy atom. The van der Waals surface area contributed by atoms with Gasteiger partial charge in [-0.05, 0) is 54.4 Å². The number of aryl methyl sites for hydroxylation is 1. The van der Waals surface area contributed by atoms with Gasteiger partial charge in [-0.2, -0.15) is 12.8 Å². The molecule has 2 heterocycles. The normalized spacial score (nSPS) is 16.4. The number of hydrogen-bond donors (Lipinski definition) is 2. The molecule has 2 N–H and O–H groups in total. The number of fused-ring (bicyclic) bond motifs is 1. The number of anilines is 1. The van der Waals surface area contributed by atoms with Crippen molar-refractivity contribution in [3.63, 3.8) is 0 Å². The number of carbonyl (C=O) groups excluding carboxylic acids is 1. The first kappa shape index (κ1) is 19.4. The van der Waals surface area contributed by atoms with E-state index in [0.29, 0.717) is 15.9 Å². The zero-order valence-corrected chi connectivity index (χ0v) is 17.5. The molecule has 0 saturated carbocycles. The van der Waals surface area contributed by atoms with Crippen molar-refractivity contribution in [1.82, 2.24) is 15.0 Å². The quantitative estimate of drug-likeness (QED) is 0.675. The van der Waals surface area contributed by atoms with Crippen LogP contribution in [0.2, 0.25) is 0 Å². The highest BCUT2D eigenvalue weighted by atomic mass is 79.9. The summed E-state index contributed by atoms with van der Waals surface area (Å²) in [6, 6.07) is 3.19. The Balaban J connectivity index is 1.93. The summed E-state index contributed by atoms with van der Waals surface area (Å²) in [5.41, 5.74) is 5.42. The minimum Gasteiger partial charge on any atom is -0.465 e. The van der Waals surface area contributed by atoms with Gasteiger partial charge in [0.2, 0.25) is 0 Å². The molecule has 0 spiro atoms. The van der Waals surface area contributed by atoms with Crippen LogP contribution >= 0.6 is 15.9 Å². The molecular weight excluding hydrogens is 438 g/mol. The predicted molar refractivity (Wildman–Crippen MR) is 105 cm³/mol. The van der Waals surface area contributed by atoms with Crippen LogP contribution in [0.5, 0.6) is 0 Å². The van der Waals surface area contributed by atoms with Crippen molar-refractivity contribution in [3.05, 3.63) is 51.5 Å². The average Bonchev–Trinajstić information content (AvgIpc) is 3.03. The van der Waals surface area contributed by atoms with Crippen molar-refractivity contribution in [1.29, 1.82) is 0 Å². The number of esters is 1. The molecule has 1 aromatic rings. The highest BCUT2D eigenvalue weighted by molar-refractivity contribution is 9.10. The fraction of sp³-hybridized carbons (Fsp3) is 0.250. The molecule has 0 unspecified atom stereocenters. The van der Waals surface area contributed by atoms with E-state index in [1.54, 1.807) is 24.1 Å². The highest BCUT2D eigenvalue weighted by Crippen LogP contribution is 2.32. The molecule has 0 bridgehead atoms. The summed E-state index contributed by atoms with van der Waals surface area (Å²) < 4.78 is 34.2. The standard InChI is InChI=1S/C16H18BrN5O4S/c1-9-5-6-12(16(23)26-4)14(17)15(9)19-27(24,25)21-8-13-18-10(2)7-11(3)22(13)20-21/h5-8,19-20H,1-4H3. The van der Waals surface area contributed by atoms with Gasteiger partial charge in [0.25, 0.3) is 0 Å². The molecule has 2 aliphatic rings. The maximum absolute atomic E-state index is 12.9. The van der Waals surface area contributed by atoms with Crippen LogP contribution in [-0.2, 0) is 14.9 Å². The molecule has 11 heteroatoms. The van der Waals surface area contributed by atoms with E-state index in [9.17, 15) is 13.2 Å². The lowest BCUT2D eigenvalue weighted by molar-refractivity contribution is 0.0599. The lowest BCUT2D eigenvalue weighted by Crippen LogP contribution is -2.45. The van der Waals surface area contributed by atoms with Crippen LogP contribution < -0.4 is 10.3 Å². The number of allylic oxidation sites excluding steroid dienone is 2. The van der Waals surface area contributed by atoms with Crippen LogP contribution in [0, 0.1) is 6.92 Å². The minimum atomic E-state index is -4.03. The van der Waals surface area contributed by atoms with Crippen LogP contribution in [-0.4, -0.2) is 36.6 Å². The zero-order valence-electron chi connectivity index (χ0n) is 15.1. The van der Waals surface area contributed by atoms with Gasteiger partial charge in [-0.25, -0.2) is 14.8 Å². The van der Waals surface area contributed by atoms with Crippen LogP contribution in [0.25, 0.3) is 0 Å². The first-order chi connectivity index (χ1) is 12.6. The maximum atomic E-state index is 12.9. The predicted octanol–water partition coefficient (Wildman–Crippen LogP) is 2.42. The van der Waals surface area contributed by atoms with Crippen LogP contribution in [0.1, 0.15) is 29.8 Å². The molecule has 1 aromatic carbocycles. The lowest BCUT2D eigenvalue weighted by atomic mass is 10.1. The number of carbonyl (C=O) groups is 1. The third kappa shape index (κ3) is 3.57. The van der Waals surface area contributed by atoms with Gasteiger partial charge in [-0.3, -0.25) is 4.72 Å². The van der Waals surface area contributed by atoms with Gasteiger partial charge >= 0.3 is 16.2 Å². The second kappa shape index (κ2) is 6.98. The lowest BCUT2D eigenvalue weighted by Gasteiger charge is -2.26. The Bertz CT molecular complexity index is 1020. The first-order valence-electron chi connectivity index (χ1n) is 7.85. The Labute approximate surface area is 165 Å². The number of benzene rings is 1. The molecule has 0 aliphatic carbocycles. The molecule has 9 nitrogen and oxygen atoms in total. The number of ether oxygens (including phenoxy) is 1. The SMILES string of the molecule is COC(=O)c1ccc(C)c(NS(=O)(=O)N2C=C3N=C(C)C=C(C)N3N2)c1Br. The van der Waals surface area contributed by atoms with Crippen molar-refractivity contribution < 1.29 is 17.9 Å². The molecule has 3 rings (SSSR count). The number of halogens is 1. The molecule has 0 saturated heterocycles. The molecule has 0 radical (unpaired) electrons. The van der Waals surface area contributed by atoms with Crippen LogP contribution in [0.15, 0.2) is 45.4 Å². The summed E-state index contributed by atoms with van der Waals surface area (Å²) in [5.74, 6) is -0.122. The summed E-state index contributed by atoms with van der Waals surface area (Å²) in [7, 11) is -2.77. The van der Waals surface area contributed by atoms with Gasteiger partial charge in [-0.1, -0.05) is 6.07 Å². The molecule has 27 heavy (non-hydrogen) atoms. The number of hydrogen-bond acceptors (Lipinski definition) is 7. The van der Waals surface area contributed by atoms with Gasteiger partial charge in [0.1, 0.15) is 0 Å². The minimum absolute atomic E-state index is 0.213. The van der Waals surface area contributed by atoms with Gasteiger partial charge in [0.05, 0.1) is 29.0 Å². The number of nitrogens with zero attached hydrogens (tertiary/aromatic N) is 3. The Kier molecular flexibility index (Phi) is 5.02. The molecule has 0 atom stereocenters. The summed E-state index contributed by atoms with van der Waals surface area (Å²) in [4.78, 5) is 16.2. The third-order valence-corrected chi connectivity index (χ3v) is 5.96. The number of nitrogens with one attached hydrogen (secondary N) is 2. The van der Waals surface area contributed by atoms with E-state index >= 15 is 0 Å². The van der Waals surface area contributed by atoms with Crippen molar-refractivity contribution in [2.45, 2.75) is 20.8 Å². The van der Waals surface area contributed by atoms with Crippen molar-refractivity contribution in [2.75, 3.05) is 11.8 Å². The van der Waals surface area contributed by atoms with E-state index < -0.39 is 16.2 Å². The Hall–Kier alpha value is -2.37. The van der Waals surface area contributed by atoms with E-state index in [1.807, 2.05) is 19.9 Å². The molecule has 2 aliphatic heterocycles. The molecule has 144 valence electrons. The van der Waals surface area contributed by atoms with Gasteiger partial charge < -0.3 is 4.74 Å². The van der Waals surface area contributed by atoms with Crippen LogP contribution in [0.3, 0.4) is 0 Å². The molecule has 0 fully saturated rings. The third-order valence-electron chi connectivity index (χ3n) is 3.97. The Morgan fingerprint density at radius 2 is 2.00 bits per heavy atom. The largest absolute Gasteiger partial charge is 0.465 e. The smallest absolute Gasteiger partial charge is 0.339 e. The number of rotatable bonds is 4. The summed E-state index contributed by atoms with van der Waals surface area (Å²) >= 11 is 3.29. The van der Waals surface area contributed by atoms with E-state index in [1.165, 1.54) is 13.3 Å². The first-order valence-corrected chi connectivity index (χ1v) is 10.1. The molecule has 0 amide bonds. The van der Waals surface area contributed by atoms with E-state index in [0.717, 1.165) is 15.8 Å². The number of hydrazine groups is 2. The second-order valence-corrected chi connectivity index (χ2v) is 8.32. The monoisotopic (exact) mass is 455 g/mol. The van der Waals surface area contributed by atoms with E-state index in [4.69, 9.17) is 4.74 Å². The fourth-order valence-corrected chi connectivity index (χ4v) is 4.50. The van der Waals surface area contributed by atoms with Crippen molar-refractivity contribution in [3.8, 4) is 0 Å². The highest BCUT2D eigenvalue weighted by Gasteiger charge is 2.32. The van der Waals surface area contributed by atoms with E-state index in [2.05, 4.69) is 31.2 Å². The molecular formula is C16H18BrN5O4S. The topological polar surface area (TPSA) is 103 Å². The van der Waals surface area contributed by atoms with Gasteiger partial charge in [-0.15, -0.1) is 5.53 Å². The zero-order chi connectivity index (χ0) is 19.9. The number of methoxy groups -OCH3 is 1. The Morgan fingerprint density at radius 3 is 2.67 bits per heavy atom. The van der Waals surface area contributed by atoms with E-state index in [-0.39, 0.29) is 11.3 Å². The maximum Gasteiger partial charge on any atom is 0.339 e. The fourth-order valence-electron chi connectivity index (χ4n) is 2.63. The van der Waals surface area contributed by atoms with Gasteiger partial charge in [0, 0.05) is 11.4 Å². The van der Waals surface area contributed by atoms with Crippen molar-refractivity contribution >= 4 is 43.5 Å². The summed E-state index contributed by atoms with van der Waals surface area (Å²) in [6.07, 6.45) is 3.20. The van der Waals surface area contributed by atoms with Gasteiger partial charge in [0.15, 0.2) is 5.82 Å². The van der Waals surface area contributed by atoms with Crippen molar-refractivity contribution in [2.24, 2.45) is 4.99 Å². The van der Waals surface area contributed by atoms with Crippen LogP contribution in [0.4, 0.5) is 5.69 Å². The average molecular weight is 456 g/mol. The second-order valence-electron chi connectivity index (χ2n) is 5.98.